The fourth-order valence-electron chi connectivity index (χ4n) is 2.78. The number of hydrogen-bond acceptors (Lipinski definition) is 4. The first-order valence-electron chi connectivity index (χ1n) is 8.56. The first kappa shape index (κ1) is 18.4. The van der Waals surface area contributed by atoms with Gasteiger partial charge in [0, 0.05) is 24.8 Å². The van der Waals surface area contributed by atoms with Crippen molar-refractivity contribution < 1.29 is 9.59 Å². The van der Waals surface area contributed by atoms with Crippen LogP contribution in [-0.2, 0) is 16.1 Å². The van der Waals surface area contributed by atoms with Gasteiger partial charge in [-0.3, -0.25) is 19.5 Å². The van der Waals surface area contributed by atoms with Crippen LogP contribution in [0.5, 0.6) is 0 Å². The number of aromatic nitrogens is 1. The molecule has 1 aromatic rings. The van der Waals surface area contributed by atoms with Gasteiger partial charge < -0.3 is 10.6 Å². The topological polar surface area (TPSA) is 74.3 Å². The summed E-state index contributed by atoms with van der Waals surface area (Å²) >= 11 is 0. The lowest BCUT2D eigenvalue weighted by Gasteiger charge is -2.31. The Hall–Kier alpha value is -1.95. The Morgan fingerprint density at radius 1 is 1.21 bits per heavy atom. The normalized spacial score (nSPS) is 16.6. The van der Waals surface area contributed by atoms with Crippen LogP contribution >= 0.6 is 0 Å². The highest BCUT2D eigenvalue weighted by Gasteiger charge is 2.23. The summed E-state index contributed by atoms with van der Waals surface area (Å²) < 4.78 is 0. The monoisotopic (exact) mass is 332 g/mol. The van der Waals surface area contributed by atoms with Crippen LogP contribution in [0.3, 0.4) is 0 Å². The van der Waals surface area contributed by atoms with Gasteiger partial charge in [-0.05, 0) is 64.8 Å². The third kappa shape index (κ3) is 6.28. The molecule has 2 N–H and O–H groups in total. The lowest BCUT2D eigenvalue weighted by atomic mass is 9.96. The maximum atomic E-state index is 11.8. The van der Waals surface area contributed by atoms with Gasteiger partial charge in [0.25, 0.3) is 0 Å². The summed E-state index contributed by atoms with van der Waals surface area (Å²) in [6.07, 6.45) is 3.86. The minimum absolute atomic E-state index is 0.398. The van der Waals surface area contributed by atoms with Crippen LogP contribution in [0.15, 0.2) is 24.4 Å². The van der Waals surface area contributed by atoms with Gasteiger partial charge in [-0.25, -0.2) is 0 Å². The van der Waals surface area contributed by atoms with Crippen molar-refractivity contribution in [3.05, 3.63) is 30.1 Å². The highest BCUT2D eigenvalue weighted by atomic mass is 16.2. The van der Waals surface area contributed by atoms with Crippen molar-refractivity contribution in [3.63, 3.8) is 0 Å². The molecule has 132 valence electrons. The molecule has 1 aliphatic heterocycles. The molecule has 6 heteroatoms. The number of likely N-dealkylation sites (tertiary alicyclic amines) is 1. The third-order valence-electron chi connectivity index (χ3n) is 4.06. The van der Waals surface area contributed by atoms with E-state index >= 15 is 0 Å². The van der Waals surface area contributed by atoms with E-state index in [1.54, 1.807) is 0 Å². The molecule has 0 atom stereocenters. The Bertz CT molecular complexity index is 546. The smallest absolute Gasteiger partial charge is 0.309 e. The molecular weight excluding hydrogens is 304 g/mol. The molecule has 2 rings (SSSR count). The molecule has 1 aliphatic rings. The van der Waals surface area contributed by atoms with Crippen molar-refractivity contribution in [2.75, 3.05) is 19.6 Å². The van der Waals surface area contributed by atoms with Gasteiger partial charge in [0.2, 0.25) is 0 Å². The fraction of sp³-hybridized carbons (Fsp3) is 0.611. The standard InChI is InChI=1S/C18H28N4O2/c1-18(2,3)21-17(24)16(23)20-12-14-7-10-22(11-8-14)13-15-6-4-5-9-19-15/h4-6,9,14H,7-8,10-13H2,1-3H3,(H,20,23)(H,21,24). The molecule has 0 saturated carbocycles. The minimum atomic E-state index is -0.560. The zero-order valence-electron chi connectivity index (χ0n) is 14.8. The van der Waals surface area contributed by atoms with Crippen molar-refractivity contribution in [1.29, 1.82) is 0 Å². The van der Waals surface area contributed by atoms with Crippen LogP contribution in [0.2, 0.25) is 0 Å². The van der Waals surface area contributed by atoms with Crippen molar-refractivity contribution >= 4 is 11.8 Å². The summed E-state index contributed by atoms with van der Waals surface area (Å²) in [5.41, 5.74) is 0.689. The average Bonchev–Trinajstić information content (AvgIpc) is 2.53. The van der Waals surface area contributed by atoms with Gasteiger partial charge >= 0.3 is 11.8 Å². The second-order valence-electron chi connectivity index (χ2n) is 7.45. The van der Waals surface area contributed by atoms with Gasteiger partial charge in [0.15, 0.2) is 0 Å². The van der Waals surface area contributed by atoms with E-state index in [1.807, 2.05) is 45.2 Å². The molecule has 24 heavy (non-hydrogen) atoms. The third-order valence-corrected chi connectivity index (χ3v) is 4.06. The van der Waals surface area contributed by atoms with Gasteiger partial charge in [0.1, 0.15) is 0 Å². The lowest BCUT2D eigenvalue weighted by Crippen LogP contribution is -2.49. The first-order valence-corrected chi connectivity index (χ1v) is 8.56. The number of amides is 2. The molecule has 1 fully saturated rings. The predicted molar refractivity (Wildman–Crippen MR) is 93.1 cm³/mol. The molecular formula is C18H28N4O2. The largest absolute Gasteiger partial charge is 0.348 e. The molecule has 0 aromatic carbocycles. The van der Waals surface area contributed by atoms with Crippen LogP contribution in [0.1, 0.15) is 39.3 Å². The second-order valence-corrected chi connectivity index (χ2v) is 7.45. The molecule has 0 unspecified atom stereocenters. The quantitative estimate of drug-likeness (QED) is 0.816. The van der Waals surface area contributed by atoms with Gasteiger partial charge in [-0.2, -0.15) is 0 Å². The lowest BCUT2D eigenvalue weighted by molar-refractivity contribution is -0.140. The van der Waals surface area contributed by atoms with Gasteiger partial charge in [0.05, 0.1) is 5.69 Å². The van der Waals surface area contributed by atoms with Crippen LogP contribution in [0, 0.1) is 5.92 Å². The summed E-state index contributed by atoms with van der Waals surface area (Å²) in [5.74, 6) is -0.674. The first-order chi connectivity index (χ1) is 11.3. The van der Waals surface area contributed by atoms with E-state index in [4.69, 9.17) is 0 Å². The average molecular weight is 332 g/mol. The summed E-state index contributed by atoms with van der Waals surface area (Å²) in [7, 11) is 0. The Labute approximate surface area is 144 Å². The van der Waals surface area contributed by atoms with Crippen LogP contribution in [-0.4, -0.2) is 46.9 Å². The Morgan fingerprint density at radius 2 is 1.92 bits per heavy atom. The Balaban J connectivity index is 1.68. The molecule has 2 amide bonds. The van der Waals surface area contributed by atoms with Crippen molar-refractivity contribution in [3.8, 4) is 0 Å². The Kier molecular flexibility index (Phi) is 6.31. The highest BCUT2D eigenvalue weighted by Crippen LogP contribution is 2.17. The van der Waals surface area contributed by atoms with Gasteiger partial charge in [-0.15, -0.1) is 0 Å². The van der Waals surface area contributed by atoms with E-state index in [2.05, 4.69) is 20.5 Å². The van der Waals surface area contributed by atoms with E-state index in [9.17, 15) is 9.59 Å². The van der Waals surface area contributed by atoms with E-state index in [1.165, 1.54) is 0 Å². The SMILES string of the molecule is CC(C)(C)NC(=O)C(=O)NCC1CCN(Cc2ccccn2)CC1. The zero-order valence-corrected chi connectivity index (χ0v) is 14.8. The van der Waals surface area contributed by atoms with E-state index in [-0.39, 0.29) is 0 Å². The summed E-state index contributed by atoms with van der Waals surface area (Å²) in [6.45, 7) is 8.98. The number of carbonyl (C=O) groups is 2. The zero-order chi connectivity index (χ0) is 17.6. The Morgan fingerprint density at radius 3 is 2.50 bits per heavy atom. The fourth-order valence-corrected chi connectivity index (χ4v) is 2.78. The van der Waals surface area contributed by atoms with Crippen molar-refractivity contribution in [2.24, 2.45) is 5.92 Å². The molecule has 0 radical (unpaired) electrons. The predicted octanol–water partition coefficient (Wildman–Crippen LogP) is 1.32. The maximum Gasteiger partial charge on any atom is 0.309 e. The minimum Gasteiger partial charge on any atom is -0.348 e. The number of hydrogen-bond donors (Lipinski definition) is 2. The number of pyridine rings is 1. The number of piperidine rings is 1. The molecule has 0 bridgehead atoms. The van der Waals surface area contributed by atoms with Crippen molar-refractivity contribution in [1.82, 2.24) is 20.5 Å². The maximum absolute atomic E-state index is 11.8. The van der Waals surface area contributed by atoms with E-state index in [0.717, 1.165) is 38.2 Å². The summed E-state index contributed by atoms with van der Waals surface area (Å²) in [5, 5.41) is 5.43. The van der Waals surface area contributed by atoms with E-state index in [0.29, 0.717) is 12.5 Å². The molecule has 0 aliphatic carbocycles. The van der Waals surface area contributed by atoms with Crippen LogP contribution in [0.25, 0.3) is 0 Å². The summed E-state index contributed by atoms with van der Waals surface area (Å²) in [4.78, 5) is 30.3. The molecule has 0 spiro atoms. The summed E-state index contributed by atoms with van der Waals surface area (Å²) in [6, 6.07) is 5.97. The van der Waals surface area contributed by atoms with Gasteiger partial charge in [-0.1, -0.05) is 6.07 Å². The number of rotatable bonds is 4. The molecule has 6 nitrogen and oxygen atoms in total. The van der Waals surface area contributed by atoms with E-state index < -0.39 is 17.4 Å². The molecule has 1 aromatic heterocycles. The molecule has 1 saturated heterocycles. The highest BCUT2D eigenvalue weighted by molar-refractivity contribution is 6.35. The number of carbonyl (C=O) groups excluding carboxylic acids is 2. The second kappa shape index (κ2) is 8.24. The van der Waals surface area contributed by atoms with Crippen LogP contribution in [0.4, 0.5) is 0 Å². The number of nitrogens with one attached hydrogen (secondary N) is 2. The van der Waals surface area contributed by atoms with Crippen molar-refractivity contribution in [2.45, 2.75) is 45.7 Å². The number of nitrogens with zero attached hydrogens (tertiary/aromatic N) is 2. The van der Waals surface area contributed by atoms with Crippen LogP contribution < -0.4 is 10.6 Å². The molecule has 2 heterocycles.